The second kappa shape index (κ2) is 9.09. The fourth-order valence-corrected chi connectivity index (χ4v) is 3.57. The van der Waals surface area contributed by atoms with Crippen molar-refractivity contribution in [1.29, 1.82) is 0 Å². The number of carbonyl (C=O) groups is 2. The molecule has 1 aromatic rings. The maximum Gasteiger partial charge on any atom is 0.321 e. The summed E-state index contributed by atoms with van der Waals surface area (Å²) < 4.78 is 0. The average Bonchev–Trinajstić information content (AvgIpc) is 2.62. The molecule has 0 spiro atoms. The third kappa shape index (κ3) is 4.88. The summed E-state index contributed by atoms with van der Waals surface area (Å²) in [5.41, 5.74) is 1.08. The number of hydrogen-bond donors (Lipinski definition) is 1. The number of benzene rings is 1. The summed E-state index contributed by atoms with van der Waals surface area (Å²) >= 11 is 6.33. The predicted molar refractivity (Wildman–Crippen MR) is 102 cm³/mol. The zero-order chi connectivity index (χ0) is 18.4. The van der Waals surface area contributed by atoms with Gasteiger partial charge in [-0.1, -0.05) is 30.9 Å². The van der Waals surface area contributed by atoms with Gasteiger partial charge in [0.1, 0.15) is 0 Å². The van der Waals surface area contributed by atoms with Gasteiger partial charge in [0, 0.05) is 31.9 Å². The molecule has 1 N–H and O–H groups in total. The molecule has 5 nitrogen and oxygen atoms in total. The molecule has 0 atom stereocenters. The van der Waals surface area contributed by atoms with Gasteiger partial charge in [0.15, 0.2) is 0 Å². The van der Waals surface area contributed by atoms with Crippen molar-refractivity contribution in [3.8, 4) is 0 Å². The Labute approximate surface area is 155 Å². The summed E-state index contributed by atoms with van der Waals surface area (Å²) in [6.07, 6.45) is 5.70. The van der Waals surface area contributed by atoms with Crippen LogP contribution in [0.5, 0.6) is 0 Å². The molecule has 1 aromatic carbocycles. The molecular weight excluding hydrogens is 338 g/mol. The maximum absolute atomic E-state index is 12.7. The van der Waals surface area contributed by atoms with Crippen LogP contribution in [-0.2, 0) is 0 Å². The van der Waals surface area contributed by atoms with E-state index in [-0.39, 0.29) is 11.9 Å². The fraction of sp³-hybridized carbons (Fsp3) is 0.579. The van der Waals surface area contributed by atoms with E-state index in [0.717, 1.165) is 12.8 Å². The minimum Gasteiger partial charge on any atom is -0.339 e. The monoisotopic (exact) mass is 365 g/mol. The SMILES string of the molecule is CCN(CC)C(=O)Nc1ccc(C(=O)N(C)C2CCCCC2)c(Cl)c1. The van der Waals surface area contributed by atoms with Gasteiger partial charge >= 0.3 is 6.03 Å². The highest BCUT2D eigenvalue weighted by Crippen LogP contribution is 2.26. The van der Waals surface area contributed by atoms with Gasteiger partial charge in [0.25, 0.3) is 5.91 Å². The van der Waals surface area contributed by atoms with Crippen LogP contribution in [0.1, 0.15) is 56.3 Å². The van der Waals surface area contributed by atoms with Crippen LogP contribution in [0.15, 0.2) is 18.2 Å². The van der Waals surface area contributed by atoms with Gasteiger partial charge in [-0.25, -0.2) is 4.79 Å². The van der Waals surface area contributed by atoms with Crippen LogP contribution in [0, 0.1) is 0 Å². The van der Waals surface area contributed by atoms with E-state index in [4.69, 9.17) is 11.6 Å². The number of rotatable bonds is 5. The second-order valence-electron chi connectivity index (χ2n) is 6.50. The molecule has 6 heteroatoms. The maximum atomic E-state index is 12.7. The Kier molecular flexibility index (Phi) is 7.12. The lowest BCUT2D eigenvalue weighted by Gasteiger charge is -2.31. The summed E-state index contributed by atoms with van der Waals surface area (Å²) in [7, 11) is 1.85. The molecule has 1 saturated carbocycles. The number of urea groups is 1. The normalized spacial score (nSPS) is 14.9. The van der Waals surface area contributed by atoms with E-state index in [1.165, 1.54) is 19.3 Å². The predicted octanol–water partition coefficient (Wildman–Crippen LogP) is 4.62. The first-order chi connectivity index (χ1) is 12.0. The third-order valence-corrected chi connectivity index (χ3v) is 5.26. The van der Waals surface area contributed by atoms with E-state index in [0.29, 0.717) is 35.4 Å². The lowest BCUT2D eigenvalue weighted by molar-refractivity contribution is 0.0696. The highest BCUT2D eigenvalue weighted by molar-refractivity contribution is 6.34. The number of nitrogens with one attached hydrogen (secondary N) is 1. The lowest BCUT2D eigenvalue weighted by atomic mass is 9.94. The number of amides is 3. The van der Waals surface area contributed by atoms with E-state index < -0.39 is 0 Å². The van der Waals surface area contributed by atoms with Crippen molar-refractivity contribution in [2.24, 2.45) is 0 Å². The van der Waals surface area contributed by atoms with E-state index >= 15 is 0 Å². The first-order valence-electron chi connectivity index (χ1n) is 9.10. The molecule has 1 aliphatic rings. The third-order valence-electron chi connectivity index (χ3n) is 4.94. The molecule has 0 radical (unpaired) electrons. The van der Waals surface area contributed by atoms with Crippen molar-refractivity contribution in [3.05, 3.63) is 28.8 Å². The zero-order valence-electron chi connectivity index (χ0n) is 15.3. The van der Waals surface area contributed by atoms with Crippen LogP contribution in [-0.4, -0.2) is 47.9 Å². The van der Waals surface area contributed by atoms with Crippen LogP contribution in [0.2, 0.25) is 5.02 Å². The first-order valence-corrected chi connectivity index (χ1v) is 9.48. The average molecular weight is 366 g/mol. The number of anilines is 1. The lowest BCUT2D eigenvalue weighted by Crippen LogP contribution is -2.38. The Hall–Kier alpha value is -1.75. The fourth-order valence-electron chi connectivity index (χ4n) is 3.30. The molecule has 0 bridgehead atoms. The standard InChI is InChI=1S/C19H28ClN3O2/c1-4-23(5-2)19(25)21-14-11-12-16(17(20)13-14)18(24)22(3)15-9-7-6-8-10-15/h11-13,15H,4-10H2,1-3H3,(H,21,25). The summed E-state index contributed by atoms with van der Waals surface area (Å²) in [6.45, 7) is 5.13. The van der Waals surface area contributed by atoms with Crippen LogP contribution in [0.25, 0.3) is 0 Å². The van der Waals surface area contributed by atoms with Crippen LogP contribution < -0.4 is 5.32 Å². The summed E-state index contributed by atoms with van der Waals surface area (Å²) in [5.74, 6) is -0.0569. The minimum atomic E-state index is -0.167. The Bertz CT molecular complexity index is 611. The van der Waals surface area contributed by atoms with E-state index in [1.807, 2.05) is 25.8 Å². The van der Waals surface area contributed by atoms with Crippen molar-refractivity contribution >= 4 is 29.2 Å². The molecule has 1 aliphatic carbocycles. The number of halogens is 1. The molecule has 0 aliphatic heterocycles. The molecule has 0 heterocycles. The Morgan fingerprint density at radius 2 is 1.80 bits per heavy atom. The minimum absolute atomic E-state index is 0.0569. The quantitative estimate of drug-likeness (QED) is 0.827. The van der Waals surface area contributed by atoms with Crippen LogP contribution in [0.4, 0.5) is 10.5 Å². The van der Waals surface area contributed by atoms with Gasteiger partial charge in [-0.05, 0) is 44.9 Å². The van der Waals surface area contributed by atoms with Crippen molar-refractivity contribution in [2.45, 2.75) is 52.0 Å². The van der Waals surface area contributed by atoms with Gasteiger partial charge in [-0.15, -0.1) is 0 Å². The number of carbonyl (C=O) groups excluding carboxylic acids is 2. The second-order valence-corrected chi connectivity index (χ2v) is 6.91. The Morgan fingerprint density at radius 1 is 1.16 bits per heavy atom. The van der Waals surface area contributed by atoms with Crippen molar-refractivity contribution in [3.63, 3.8) is 0 Å². The zero-order valence-corrected chi connectivity index (χ0v) is 16.1. The molecule has 2 rings (SSSR count). The Morgan fingerprint density at radius 3 is 2.36 bits per heavy atom. The first kappa shape index (κ1) is 19.6. The van der Waals surface area contributed by atoms with Crippen LogP contribution >= 0.6 is 11.6 Å². The Balaban J connectivity index is 2.07. The molecule has 0 saturated heterocycles. The van der Waals surface area contributed by atoms with Crippen molar-refractivity contribution in [1.82, 2.24) is 9.80 Å². The number of nitrogens with zero attached hydrogens (tertiary/aromatic N) is 2. The number of hydrogen-bond acceptors (Lipinski definition) is 2. The van der Waals surface area contributed by atoms with Gasteiger partial charge in [0.05, 0.1) is 10.6 Å². The van der Waals surface area contributed by atoms with Gasteiger partial charge in [-0.2, -0.15) is 0 Å². The molecule has 1 fully saturated rings. The molecule has 0 aromatic heterocycles. The van der Waals surface area contributed by atoms with E-state index in [9.17, 15) is 9.59 Å². The van der Waals surface area contributed by atoms with Crippen molar-refractivity contribution < 1.29 is 9.59 Å². The molecule has 138 valence electrons. The highest BCUT2D eigenvalue weighted by Gasteiger charge is 2.24. The highest BCUT2D eigenvalue weighted by atomic mass is 35.5. The molecule has 25 heavy (non-hydrogen) atoms. The largest absolute Gasteiger partial charge is 0.339 e. The molecule has 0 unspecified atom stereocenters. The van der Waals surface area contributed by atoms with E-state index in [1.54, 1.807) is 23.1 Å². The smallest absolute Gasteiger partial charge is 0.321 e. The summed E-state index contributed by atoms with van der Waals surface area (Å²) in [6, 6.07) is 5.20. The van der Waals surface area contributed by atoms with Crippen LogP contribution in [0.3, 0.4) is 0 Å². The van der Waals surface area contributed by atoms with Gasteiger partial charge in [-0.3, -0.25) is 4.79 Å². The molecule has 3 amide bonds. The summed E-state index contributed by atoms with van der Waals surface area (Å²) in [4.78, 5) is 28.4. The summed E-state index contributed by atoms with van der Waals surface area (Å²) in [5, 5.41) is 3.19. The van der Waals surface area contributed by atoms with Crippen molar-refractivity contribution in [2.75, 3.05) is 25.5 Å². The topological polar surface area (TPSA) is 52.7 Å². The van der Waals surface area contributed by atoms with Gasteiger partial charge in [0.2, 0.25) is 0 Å². The molecular formula is C19H28ClN3O2. The van der Waals surface area contributed by atoms with E-state index in [2.05, 4.69) is 5.32 Å². The van der Waals surface area contributed by atoms with Gasteiger partial charge < -0.3 is 15.1 Å².